The van der Waals surface area contributed by atoms with Gasteiger partial charge in [0, 0.05) is 0 Å². The second-order valence-electron chi connectivity index (χ2n) is 6.52. The van der Waals surface area contributed by atoms with Crippen molar-refractivity contribution < 1.29 is 15.0 Å². The average molecular weight is 274 g/mol. The van der Waals surface area contributed by atoms with Crippen molar-refractivity contribution in [1.82, 2.24) is 0 Å². The highest BCUT2D eigenvalue weighted by atomic mass is 16.4. The van der Waals surface area contributed by atoms with Crippen LogP contribution in [0.2, 0.25) is 0 Å². The van der Waals surface area contributed by atoms with E-state index in [2.05, 4.69) is 0 Å². The predicted octanol–water partition coefficient (Wildman–Crippen LogP) is 3.04. The molecule has 0 bridgehead atoms. The fraction of sp³-hybridized carbons (Fsp3) is 0.588. The predicted molar refractivity (Wildman–Crippen MR) is 76.7 cm³/mol. The minimum absolute atomic E-state index is 0.410. The molecule has 1 aromatic rings. The summed E-state index contributed by atoms with van der Waals surface area (Å²) < 4.78 is 0. The van der Waals surface area contributed by atoms with Crippen LogP contribution in [-0.2, 0) is 16.6 Å². The van der Waals surface area contributed by atoms with Crippen LogP contribution in [-0.4, -0.2) is 21.8 Å². The fourth-order valence-electron chi connectivity index (χ4n) is 3.37. The lowest BCUT2D eigenvalue weighted by molar-refractivity contribution is -0.143. The molecular weight excluding hydrogens is 252 g/mol. The van der Waals surface area contributed by atoms with Gasteiger partial charge in [-0.1, -0.05) is 37.1 Å². The molecule has 0 aliphatic heterocycles. The van der Waals surface area contributed by atoms with Crippen LogP contribution in [0, 0.1) is 0 Å². The third-order valence-electron chi connectivity index (χ3n) is 5.08. The first-order valence-electron chi connectivity index (χ1n) is 7.59. The van der Waals surface area contributed by atoms with Gasteiger partial charge in [-0.05, 0) is 49.7 Å². The van der Waals surface area contributed by atoms with Crippen molar-refractivity contribution in [2.24, 2.45) is 0 Å². The highest BCUT2D eigenvalue weighted by Gasteiger charge is 2.43. The van der Waals surface area contributed by atoms with Crippen LogP contribution in [0.3, 0.4) is 0 Å². The SMILES string of the molecule is O=C(O)C1(c2ccc(CCC3(O)CC3)cc2)CCCC1. The van der Waals surface area contributed by atoms with Crippen molar-refractivity contribution >= 4 is 5.97 Å². The Morgan fingerprint density at radius 2 is 1.65 bits per heavy atom. The molecule has 2 fully saturated rings. The molecule has 3 nitrogen and oxygen atoms in total. The van der Waals surface area contributed by atoms with E-state index in [-0.39, 0.29) is 0 Å². The van der Waals surface area contributed by atoms with Crippen LogP contribution in [0.15, 0.2) is 24.3 Å². The molecule has 0 aromatic heterocycles. The highest BCUT2D eigenvalue weighted by Crippen LogP contribution is 2.42. The molecule has 0 unspecified atom stereocenters. The lowest BCUT2D eigenvalue weighted by atomic mass is 9.78. The number of aryl methyl sites for hydroxylation is 1. The van der Waals surface area contributed by atoms with E-state index >= 15 is 0 Å². The Bertz CT molecular complexity index is 493. The summed E-state index contributed by atoms with van der Waals surface area (Å²) in [5.74, 6) is -0.685. The minimum atomic E-state index is -0.685. The molecular formula is C17H22O3. The Morgan fingerprint density at radius 1 is 1.05 bits per heavy atom. The Morgan fingerprint density at radius 3 is 2.15 bits per heavy atom. The monoisotopic (exact) mass is 274 g/mol. The molecule has 0 heterocycles. The maximum Gasteiger partial charge on any atom is 0.314 e. The molecule has 20 heavy (non-hydrogen) atoms. The number of aliphatic carboxylic acids is 1. The van der Waals surface area contributed by atoms with E-state index in [1.54, 1.807) is 0 Å². The molecule has 3 heteroatoms. The number of rotatable bonds is 5. The third-order valence-corrected chi connectivity index (χ3v) is 5.08. The molecule has 2 saturated carbocycles. The zero-order chi connectivity index (χ0) is 14.2. The molecule has 0 saturated heterocycles. The van der Waals surface area contributed by atoms with Gasteiger partial charge in [-0.25, -0.2) is 0 Å². The smallest absolute Gasteiger partial charge is 0.314 e. The summed E-state index contributed by atoms with van der Waals surface area (Å²) in [6.45, 7) is 0. The molecule has 2 N–H and O–H groups in total. The first kappa shape index (κ1) is 13.6. The summed E-state index contributed by atoms with van der Waals surface area (Å²) in [6, 6.07) is 8.02. The van der Waals surface area contributed by atoms with Gasteiger partial charge in [0.05, 0.1) is 11.0 Å². The van der Waals surface area contributed by atoms with E-state index in [9.17, 15) is 15.0 Å². The average Bonchev–Trinajstić information content (AvgIpc) is 2.99. The van der Waals surface area contributed by atoms with Crippen molar-refractivity contribution in [1.29, 1.82) is 0 Å². The second-order valence-corrected chi connectivity index (χ2v) is 6.52. The standard InChI is InChI=1S/C17H22O3/c18-15(19)17(8-1-2-9-17)14-5-3-13(4-6-14)7-10-16(20)11-12-16/h3-6,20H,1-2,7-12H2,(H,18,19). The molecule has 0 radical (unpaired) electrons. The number of benzene rings is 1. The van der Waals surface area contributed by atoms with Crippen molar-refractivity contribution in [3.05, 3.63) is 35.4 Å². The van der Waals surface area contributed by atoms with Gasteiger partial charge in [-0.2, -0.15) is 0 Å². The molecule has 108 valence electrons. The molecule has 2 aliphatic rings. The van der Waals surface area contributed by atoms with Gasteiger partial charge in [0.15, 0.2) is 0 Å². The summed E-state index contributed by atoms with van der Waals surface area (Å²) in [7, 11) is 0. The highest BCUT2D eigenvalue weighted by molar-refractivity contribution is 5.81. The molecule has 3 rings (SSSR count). The van der Waals surface area contributed by atoms with E-state index in [4.69, 9.17) is 0 Å². The largest absolute Gasteiger partial charge is 0.481 e. The van der Waals surface area contributed by atoms with Crippen LogP contribution in [0.4, 0.5) is 0 Å². The number of aliphatic hydroxyl groups is 1. The van der Waals surface area contributed by atoms with Gasteiger partial charge in [-0.3, -0.25) is 4.79 Å². The second kappa shape index (κ2) is 4.88. The van der Waals surface area contributed by atoms with Crippen molar-refractivity contribution in [2.75, 3.05) is 0 Å². The molecule has 2 aliphatic carbocycles. The number of hydrogen-bond donors (Lipinski definition) is 2. The topological polar surface area (TPSA) is 57.5 Å². The quantitative estimate of drug-likeness (QED) is 0.867. The molecule has 1 aromatic carbocycles. The fourth-order valence-corrected chi connectivity index (χ4v) is 3.37. The number of carboxylic acid groups (broad SMARTS) is 1. The first-order valence-corrected chi connectivity index (χ1v) is 7.59. The Hall–Kier alpha value is -1.35. The van der Waals surface area contributed by atoms with E-state index in [0.29, 0.717) is 0 Å². The lowest BCUT2D eigenvalue weighted by Gasteiger charge is -2.24. The number of carbonyl (C=O) groups is 1. The van der Waals surface area contributed by atoms with E-state index in [0.717, 1.165) is 56.9 Å². The van der Waals surface area contributed by atoms with E-state index in [1.165, 1.54) is 5.56 Å². The van der Waals surface area contributed by atoms with Gasteiger partial charge in [0.2, 0.25) is 0 Å². The zero-order valence-electron chi connectivity index (χ0n) is 11.8. The van der Waals surface area contributed by atoms with Crippen molar-refractivity contribution in [2.45, 2.75) is 62.4 Å². The molecule has 0 atom stereocenters. The van der Waals surface area contributed by atoms with Gasteiger partial charge >= 0.3 is 5.97 Å². The summed E-state index contributed by atoms with van der Waals surface area (Å²) in [6.07, 6.45) is 7.04. The molecule has 0 spiro atoms. The van der Waals surface area contributed by atoms with Crippen LogP contribution in [0.5, 0.6) is 0 Å². The van der Waals surface area contributed by atoms with Gasteiger partial charge < -0.3 is 10.2 Å². The summed E-state index contributed by atoms with van der Waals surface area (Å²) in [5.41, 5.74) is 1.06. The summed E-state index contributed by atoms with van der Waals surface area (Å²) in [5, 5.41) is 19.4. The van der Waals surface area contributed by atoms with Crippen molar-refractivity contribution in [3.63, 3.8) is 0 Å². The van der Waals surface area contributed by atoms with Crippen LogP contribution in [0.1, 0.15) is 56.1 Å². The molecule has 0 amide bonds. The maximum absolute atomic E-state index is 11.6. The van der Waals surface area contributed by atoms with Crippen molar-refractivity contribution in [3.8, 4) is 0 Å². The number of carboxylic acids is 1. The zero-order valence-corrected chi connectivity index (χ0v) is 11.8. The van der Waals surface area contributed by atoms with Crippen LogP contribution in [0.25, 0.3) is 0 Å². The van der Waals surface area contributed by atoms with Crippen LogP contribution < -0.4 is 0 Å². The Kier molecular flexibility index (Phi) is 3.33. The summed E-state index contributed by atoms with van der Waals surface area (Å²) in [4.78, 5) is 11.6. The van der Waals surface area contributed by atoms with Gasteiger partial charge in [-0.15, -0.1) is 0 Å². The maximum atomic E-state index is 11.6. The number of hydrogen-bond acceptors (Lipinski definition) is 2. The Labute approximate surface area is 119 Å². The van der Waals surface area contributed by atoms with Crippen LogP contribution >= 0.6 is 0 Å². The summed E-state index contributed by atoms with van der Waals surface area (Å²) >= 11 is 0. The lowest BCUT2D eigenvalue weighted by Crippen LogP contribution is -2.32. The van der Waals surface area contributed by atoms with E-state index < -0.39 is 17.0 Å². The van der Waals surface area contributed by atoms with E-state index in [1.807, 2.05) is 24.3 Å². The Balaban J connectivity index is 1.73. The first-order chi connectivity index (χ1) is 9.54. The third kappa shape index (κ3) is 2.47. The van der Waals surface area contributed by atoms with Gasteiger partial charge in [0.1, 0.15) is 0 Å². The normalized spacial score (nSPS) is 22.6. The minimum Gasteiger partial charge on any atom is -0.481 e. The van der Waals surface area contributed by atoms with Gasteiger partial charge in [0.25, 0.3) is 0 Å².